The molecule has 2 rings (SSSR count). The zero-order valence-corrected chi connectivity index (χ0v) is 19.2. The van der Waals surface area contributed by atoms with Gasteiger partial charge in [0.15, 0.2) is 0 Å². The van der Waals surface area contributed by atoms with Gasteiger partial charge in [-0.3, -0.25) is 4.79 Å². The average molecular weight is 433 g/mol. The first-order valence-corrected chi connectivity index (χ1v) is 12.0. The van der Waals surface area contributed by atoms with Crippen LogP contribution in [0.1, 0.15) is 76.7 Å². The highest BCUT2D eigenvalue weighted by Crippen LogP contribution is 2.15. The topological polar surface area (TPSA) is 67.9 Å². The van der Waals surface area contributed by atoms with Crippen molar-refractivity contribution in [1.29, 1.82) is 0 Å². The van der Waals surface area contributed by atoms with Crippen LogP contribution in [0.4, 0.5) is 4.79 Å². The number of carbonyl (C=O) groups is 2. The van der Waals surface area contributed by atoms with Gasteiger partial charge in [0.1, 0.15) is 12.7 Å². The number of nitrogens with zero attached hydrogens (tertiary/aromatic N) is 1. The van der Waals surface area contributed by atoms with E-state index in [2.05, 4.69) is 17.1 Å². The summed E-state index contributed by atoms with van der Waals surface area (Å²) in [5.74, 6) is -0.253. The first-order valence-electron chi connectivity index (χ1n) is 12.0. The highest BCUT2D eigenvalue weighted by atomic mass is 16.6. The number of benzene rings is 1. The van der Waals surface area contributed by atoms with Crippen LogP contribution in [0.5, 0.6) is 0 Å². The first kappa shape index (κ1) is 25.2. The number of hydrogen-bond donors (Lipinski definition) is 1. The summed E-state index contributed by atoms with van der Waals surface area (Å²) in [6.07, 6.45) is 8.87. The van der Waals surface area contributed by atoms with Crippen molar-refractivity contribution in [2.45, 2.75) is 83.8 Å². The van der Waals surface area contributed by atoms with Crippen molar-refractivity contribution in [3.63, 3.8) is 0 Å². The Labute approximate surface area is 187 Å². The van der Waals surface area contributed by atoms with Gasteiger partial charge < -0.3 is 19.7 Å². The summed E-state index contributed by atoms with van der Waals surface area (Å²) in [4.78, 5) is 26.8. The molecule has 6 nitrogen and oxygen atoms in total. The van der Waals surface area contributed by atoms with Gasteiger partial charge in [0.05, 0.1) is 0 Å². The molecule has 1 amide bonds. The molecule has 1 aromatic rings. The lowest BCUT2D eigenvalue weighted by molar-refractivity contribution is -0.145. The molecule has 1 atom stereocenters. The third kappa shape index (κ3) is 11.8. The van der Waals surface area contributed by atoms with Gasteiger partial charge in [0.25, 0.3) is 0 Å². The summed E-state index contributed by atoms with van der Waals surface area (Å²) < 4.78 is 11.0. The van der Waals surface area contributed by atoms with E-state index in [1.165, 1.54) is 32.4 Å². The number of amides is 1. The largest absolute Gasteiger partial charge is 0.461 e. The summed E-state index contributed by atoms with van der Waals surface area (Å²) in [6.45, 7) is 6.44. The number of nitrogens with one attached hydrogen (secondary N) is 1. The Balaban J connectivity index is 1.66. The minimum atomic E-state index is -0.375. The van der Waals surface area contributed by atoms with Gasteiger partial charge in [-0.1, -0.05) is 56.5 Å². The maximum atomic E-state index is 12.2. The molecule has 31 heavy (non-hydrogen) atoms. The highest BCUT2D eigenvalue weighted by molar-refractivity contribution is 5.69. The number of likely N-dealkylation sites (tertiary alicyclic amines) is 1. The van der Waals surface area contributed by atoms with Crippen LogP contribution in [0.15, 0.2) is 30.3 Å². The van der Waals surface area contributed by atoms with Crippen molar-refractivity contribution in [2.24, 2.45) is 0 Å². The van der Waals surface area contributed by atoms with Crippen LogP contribution in [0.2, 0.25) is 0 Å². The minimum absolute atomic E-state index is 0.250. The van der Waals surface area contributed by atoms with Crippen molar-refractivity contribution >= 4 is 12.1 Å². The van der Waals surface area contributed by atoms with E-state index in [-0.39, 0.29) is 31.2 Å². The molecule has 1 N–H and O–H groups in total. The fourth-order valence-electron chi connectivity index (χ4n) is 3.84. The van der Waals surface area contributed by atoms with Crippen LogP contribution in [0.3, 0.4) is 0 Å². The van der Waals surface area contributed by atoms with Crippen LogP contribution >= 0.6 is 0 Å². The quantitative estimate of drug-likeness (QED) is 0.310. The Kier molecular flexibility index (Phi) is 12.7. The van der Waals surface area contributed by atoms with Gasteiger partial charge in [-0.2, -0.15) is 0 Å². The zero-order chi connectivity index (χ0) is 22.2. The van der Waals surface area contributed by atoms with Gasteiger partial charge in [-0.15, -0.1) is 0 Å². The molecule has 0 spiro atoms. The van der Waals surface area contributed by atoms with E-state index >= 15 is 0 Å². The van der Waals surface area contributed by atoms with Crippen LogP contribution in [-0.4, -0.2) is 49.2 Å². The molecule has 0 saturated carbocycles. The smallest absolute Gasteiger partial charge is 0.407 e. The number of rotatable bonds is 15. The SMILES string of the molecule is CCCCCCC(CCC(=O)OCc1ccccc1)OC(=O)NCCCN1CCCC1. The zero-order valence-electron chi connectivity index (χ0n) is 19.2. The second kappa shape index (κ2) is 15.7. The monoisotopic (exact) mass is 432 g/mol. The van der Waals surface area contributed by atoms with E-state index < -0.39 is 0 Å². The molecule has 1 heterocycles. The molecule has 1 fully saturated rings. The predicted molar refractivity (Wildman–Crippen MR) is 123 cm³/mol. The number of esters is 1. The summed E-state index contributed by atoms with van der Waals surface area (Å²) in [7, 11) is 0. The predicted octanol–water partition coefficient (Wildman–Crippen LogP) is 5.06. The van der Waals surface area contributed by atoms with E-state index in [1.807, 2.05) is 30.3 Å². The minimum Gasteiger partial charge on any atom is -0.461 e. The molecular formula is C25H40N2O4. The number of carbonyl (C=O) groups excluding carboxylic acids is 2. The molecule has 1 unspecified atom stereocenters. The van der Waals surface area contributed by atoms with Crippen LogP contribution in [0, 0.1) is 0 Å². The molecule has 1 aromatic carbocycles. The third-order valence-corrected chi connectivity index (χ3v) is 5.69. The van der Waals surface area contributed by atoms with E-state index in [0.717, 1.165) is 44.2 Å². The first-order chi connectivity index (χ1) is 15.2. The van der Waals surface area contributed by atoms with Gasteiger partial charge >= 0.3 is 12.1 Å². The lowest BCUT2D eigenvalue weighted by atomic mass is 10.1. The van der Waals surface area contributed by atoms with E-state index in [0.29, 0.717) is 13.0 Å². The van der Waals surface area contributed by atoms with Crippen molar-refractivity contribution in [3.05, 3.63) is 35.9 Å². The summed E-state index contributed by atoms with van der Waals surface area (Å²) in [5, 5.41) is 2.87. The Morgan fingerprint density at radius 3 is 2.55 bits per heavy atom. The maximum absolute atomic E-state index is 12.2. The fourth-order valence-corrected chi connectivity index (χ4v) is 3.84. The van der Waals surface area contributed by atoms with Crippen molar-refractivity contribution in [2.75, 3.05) is 26.2 Å². The average Bonchev–Trinajstić information content (AvgIpc) is 3.30. The number of unbranched alkanes of at least 4 members (excludes halogenated alkanes) is 3. The molecule has 1 saturated heterocycles. The molecular weight excluding hydrogens is 392 g/mol. The molecule has 6 heteroatoms. The standard InChI is InChI=1S/C25H40N2O4/c1-2-3-4-8-14-23(15-16-24(28)30-21-22-12-6-5-7-13-22)31-25(29)26-17-11-20-27-18-9-10-19-27/h5-7,12-13,23H,2-4,8-11,14-21H2,1H3,(H,26,29). The molecule has 1 aliphatic heterocycles. The number of ether oxygens (including phenoxy) is 2. The van der Waals surface area contributed by atoms with E-state index in [9.17, 15) is 9.59 Å². The Morgan fingerprint density at radius 2 is 1.81 bits per heavy atom. The molecule has 0 aromatic heterocycles. The van der Waals surface area contributed by atoms with Gasteiger partial charge in [-0.25, -0.2) is 4.79 Å². The van der Waals surface area contributed by atoms with E-state index in [1.54, 1.807) is 0 Å². The Morgan fingerprint density at radius 1 is 1.03 bits per heavy atom. The summed E-state index contributed by atoms with van der Waals surface area (Å²) in [6, 6.07) is 9.64. The lowest BCUT2D eigenvalue weighted by Crippen LogP contribution is -2.32. The van der Waals surface area contributed by atoms with Crippen LogP contribution in [-0.2, 0) is 20.9 Å². The van der Waals surface area contributed by atoms with Crippen LogP contribution in [0.25, 0.3) is 0 Å². The van der Waals surface area contributed by atoms with E-state index in [4.69, 9.17) is 9.47 Å². The molecule has 174 valence electrons. The maximum Gasteiger partial charge on any atom is 0.407 e. The van der Waals surface area contributed by atoms with Crippen molar-refractivity contribution < 1.29 is 19.1 Å². The molecule has 0 bridgehead atoms. The summed E-state index contributed by atoms with van der Waals surface area (Å²) in [5.41, 5.74) is 0.969. The van der Waals surface area contributed by atoms with Crippen molar-refractivity contribution in [3.8, 4) is 0 Å². The normalized spacial score (nSPS) is 14.9. The highest BCUT2D eigenvalue weighted by Gasteiger charge is 2.17. The summed E-state index contributed by atoms with van der Waals surface area (Å²) >= 11 is 0. The molecule has 0 radical (unpaired) electrons. The van der Waals surface area contributed by atoms with Gasteiger partial charge in [-0.05, 0) is 63.7 Å². The number of alkyl carbamates (subject to hydrolysis) is 1. The number of hydrogen-bond acceptors (Lipinski definition) is 5. The Hall–Kier alpha value is -2.08. The van der Waals surface area contributed by atoms with Crippen LogP contribution < -0.4 is 5.32 Å². The van der Waals surface area contributed by atoms with Gasteiger partial charge in [0, 0.05) is 13.0 Å². The van der Waals surface area contributed by atoms with Crippen molar-refractivity contribution in [1.82, 2.24) is 10.2 Å². The second-order valence-corrected chi connectivity index (χ2v) is 8.39. The third-order valence-electron chi connectivity index (χ3n) is 5.69. The van der Waals surface area contributed by atoms with Gasteiger partial charge in [0.2, 0.25) is 0 Å². The lowest BCUT2D eigenvalue weighted by Gasteiger charge is -2.19. The Bertz CT molecular complexity index is 617. The molecule has 0 aliphatic carbocycles. The molecule has 1 aliphatic rings. The fraction of sp³-hybridized carbons (Fsp3) is 0.680. The second-order valence-electron chi connectivity index (χ2n) is 8.39.